The van der Waals surface area contributed by atoms with Crippen molar-refractivity contribution in [3.05, 3.63) is 34.4 Å². The number of carbonyl (C=O) groups excluding carboxylic acids is 4. The molecule has 0 N–H and O–H groups in total. The van der Waals surface area contributed by atoms with E-state index >= 15 is 0 Å². The summed E-state index contributed by atoms with van der Waals surface area (Å²) in [6.07, 6.45) is 14.7. The summed E-state index contributed by atoms with van der Waals surface area (Å²) in [5.74, 6) is -2.38. The van der Waals surface area contributed by atoms with Crippen molar-refractivity contribution in [2.75, 3.05) is 20.7 Å². The second-order valence-electron chi connectivity index (χ2n) is 18.0. The van der Waals surface area contributed by atoms with Crippen LogP contribution in [-0.2, 0) is 14.2 Å². The number of hydrogen-bond donors (Lipinski definition) is 0. The highest BCUT2D eigenvalue weighted by atomic mass is 16.6. The largest absolute Gasteiger partial charge is 0.462 e. The second kappa shape index (κ2) is 18.5. The van der Waals surface area contributed by atoms with Gasteiger partial charge in [-0.05, 0) is 88.0 Å². The van der Waals surface area contributed by atoms with Gasteiger partial charge in [0.1, 0.15) is 12.2 Å². The minimum atomic E-state index is -0.831. The third-order valence-corrected chi connectivity index (χ3v) is 12.1. The molecule has 2 saturated heterocycles. The predicted molar refractivity (Wildman–Crippen MR) is 207 cm³/mol. The van der Waals surface area contributed by atoms with Gasteiger partial charge in [-0.25, -0.2) is 14.4 Å². The maximum Gasteiger partial charge on any atom is 0.340 e. The summed E-state index contributed by atoms with van der Waals surface area (Å²) in [5.41, 5.74) is -1.65. The lowest BCUT2D eigenvalue weighted by Gasteiger charge is -2.53. The van der Waals surface area contributed by atoms with Crippen molar-refractivity contribution in [1.82, 2.24) is 9.80 Å². The quantitative estimate of drug-likeness (QED) is 0.0633. The van der Waals surface area contributed by atoms with Crippen molar-refractivity contribution in [2.45, 2.75) is 193 Å². The summed E-state index contributed by atoms with van der Waals surface area (Å²) < 4.78 is 18.0. The zero-order valence-electron chi connectivity index (χ0n) is 34.5. The van der Waals surface area contributed by atoms with Crippen LogP contribution in [0.1, 0.15) is 200 Å². The highest BCUT2D eigenvalue weighted by molar-refractivity contribution is 6.13. The van der Waals surface area contributed by atoms with Gasteiger partial charge in [-0.2, -0.15) is 0 Å². The fourth-order valence-corrected chi connectivity index (χ4v) is 8.47. The molecular formula is C43H70N2O7. The first-order valence-corrected chi connectivity index (χ1v) is 20.0. The molecule has 294 valence electrons. The zero-order valence-corrected chi connectivity index (χ0v) is 34.5. The second-order valence-corrected chi connectivity index (χ2v) is 18.0. The van der Waals surface area contributed by atoms with Gasteiger partial charge in [-0.3, -0.25) is 14.6 Å². The molecule has 2 fully saturated rings. The van der Waals surface area contributed by atoms with Crippen LogP contribution in [0.25, 0.3) is 0 Å². The fraction of sp³-hybridized carbons (Fsp3) is 0.767. The number of nitrogens with zero attached hydrogens (tertiary/aromatic N) is 2. The van der Waals surface area contributed by atoms with E-state index in [9.17, 15) is 19.2 Å². The lowest BCUT2D eigenvalue weighted by molar-refractivity contribution is -0.0737. The van der Waals surface area contributed by atoms with Crippen LogP contribution >= 0.6 is 0 Å². The first-order chi connectivity index (χ1) is 24.3. The third kappa shape index (κ3) is 11.4. The van der Waals surface area contributed by atoms with Crippen molar-refractivity contribution >= 4 is 24.2 Å². The van der Waals surface area contributed by atoms with E-state index < -0.39 is 30.1 Å². The van der Waals surface area contributed by atoms with Crippen LogP contribution in [0, 0.1) is 0 Å². The van der Waals surface area contributed by atoms with Crippen molar-refractivity contribution in [3.63, 3.8) is 0 Å². The van der Waals surface area contributed by atoms with Gasteiger partial charge in [0, 0.05) is 53.4 Å². The molecule has 0 aliphatic carbocycles. The van der Waals surface area contributed by atoms with Crippen LogP contribution in [0.5, 0.6) is 0 Å². The molecule has 0 atom stereocenters. The van der Waals surface area contributed by atoms with Gasteiger partial charge in [-0.15, -0.1) is 0 Å². The van der Waals surface area contributed by atoms with Crippen LogP contribution in [-0.4, -0.2) is 89.1 Å². The molecule has 0 bridgehead atoms. The zero-order chi connectivity index (χ0) is 38.9. The highest BCUT2D eigenvalue weighted by Crippen LogP contribution is 2.40. The summed E-state index contributed by atoms with van der Waals surface area (Å²) >= 11 is 0. The van der Waals surface area contributed by atoms with E-state index in [4.69, 9.17) is 14.2 Å². The van der Waals surface area contributed by atoms with Crippen LogP contribution in [0.2, 0.25) is 0 Å². The highest BCUT2D eigenvalue weighted by Gasteiger charge is 2.46. The molecule has 0 amide bonds. The van der Waals surface area contributed by atoms with Crippen molar-refractivity contribution in [1.29, 1.82) is 0 Å². The molecule has 1 aromatic rings. The molecule has 2 aliphatic rings. The maximum atomic E-state index is 14.1. The molecule has 0 spiro atoms. The number of likely N-dealkylation sites (tertiary alicyclic amines) is 2. The Kier molecular flexibility index (Phi) is 15.5. The number of ether oxygens (including phenoxy) is 3. The predicted octanol–water partition coefficient (Wildman–Crippen LogP) is 9.58. The van der Waals surface area contributed by atoms with Crippen LogP contribution in [0.15, 0.2) is 12.1 Å². The Balaban J connectivity index is 1.83. The number of unbranched alkanes of at least 4 members (excludes halogenated alkanes) is 10. The van der Waals surface area contributed by atoms with Gasteiger partial charge >= 0.3 is 17.9 Å². The van der Waals surface area contributed by atoms with Gasteiger partial charge in [0.15, 0.2) is 6.29 Å². The number of carbonyl (C=O) groups is 4. The standard InChI is InChI=1S/C43H70N2O7/c1-12-13-14-15-16-17-18-19-20-21-22-25-50-38(48)36-34(37(47)51-32-26-40(2,3)44(10)41(4,5)27-32)24-23-31(30-46)35(36)39(49)52-33-28-42(6,7)45(11)43(8,9)29-33/h23-24,30,32-33H,12-22,25-29H2,1-11H3. The molecule has 9 nitrogen and oxygen atoms in total. The number of piperidine rings is 2. The molecule has 0 aromatic heterocycles. The number of esters is 3. The third-order valence-electron chi connectivity index (χ3n) is 12.1. The van der Waals surface area contributed by atoms with Crippen molar-refractivity contribution in [2.24, 2.45) is 0 Å². The van der Waals surface area contributed by atoms with Gasteiger partial charge < -0.3 is 14.2 Å². The first-order valence-electron chi connectivity index (χ1n) is 20.0. The topological polar surface area (TPSA) is 102 Å². The van der Waals surface area contributed by atoms with E-state index in [2.05, 4.69) is 86.2 Å². The smallest absolute Gasteiger partial charge is 0.340 e. The first kappa shape index (κ1) is 43.6. The Bertz CT molecular complexity index is 1350. The SMILES string of the molecule is CCCCCCCCCCCCCOC(=O)c1c(C(=O)OC2CC(C)(C)N(C)C(C)(C)C2)ccc(C=O)c1C(=O)OC1CC(C)(C)N(C)C(C)(C)C1. The average Bonchev–Trinajstić information content (AvgIpc) is 3.05. The van der Waals surface area contributed by atoms with E-state index in [0.717, 1.165) is 19.3 Å². The van der Waals surface area contributed by atoms with E-state index in [-0.39, 0.29) is 51.0 Å². The molecule has 0 radical (unpaired) electrons. The summed E-state index contributed by atoms with van der Waals surface area (Å²) in [4.78, 5) is 59.0. The summed E-state index contributed by atoms with van der Waals surface area (Å²) in [6.45, 7) is 19.2. The minimum absolute atomic E-state index is 0.0313. The lowest BCUT2D eigenvalue weighted by Crippen LogP contribution is -2.60. The van der Waals surface area contributed by atoms with Crippen LogP contribution in [0.3, 0.4) is 0 Å². The van der Waals surface area contributed by atoms with Gasteiger partial charge in [0.05, 0.1) is 23.3 Å². The van der Waals surface area contributed by atoms with Crippen LogP contribution < -0.4 is 0 Å². The van der Waals surface area contributed by atoms with E-state index in [0.29, 0.717) is 38.4 Å². The van der Waals surface area contributed by atoms with Crippen molar-refractivity contribution < 1.29 is 33.4 Å². The maximum absolute atomic E-state index is 14.1. The lowest BCUT2D eigenvalue weighted by atomic mass is 9.78. The number of hydrogen-bond acceptors (Lipinski definition) is 9. The Labute approximate surface area is 314 Å². The monoisotopic (exact) mass is 727 g/mol. The Morgan fingerprint density at radius 1 is 0.615 bits per heavy atom. The van der Waals surface area contributed by atoms with Gasteiger partial charge in [0.25, 0.3) is 0 Å². The Hall–Kier alpha value is -2.78. The van der Waals surface area contributed by atoms with Crippen molar-refractivity contribution in [3.8, 4) is 0 Å². The van der Waals surface area contributed by atoms with Crippen LogP contribution in [0.4, 0.5) is 0 Å². The average molecular weight is 727 g/mol. The molecule has 0 saturated carbocycles. The van der Waals surface area contributed by atoms with Gasteiger partial charge in [-0.1, -0.05) is 71.1 Å². The number of aldehydes is 1. The molecule has 0 unspecified atom stereocenters. The number of rotatable bonds is 18. The van der Waals surface area contributed by atoms with E-state index in [1.54, 1.807) is 0 Å². The minimum Gasteiger partial charge on any atom is -0.462 e. The van der Waals surface area contributed by atoms with E-state index in [1.807, 2.05) is 0 Å². The molecule has 52 heavy (non-hydrogen) atoms. The molecule has 2 aliphatic heterocycles. The Morgan fingerprint density at radius 3 is 1.44 bits per heavy atom. The summed E-state index contributed by atoms with van der Waals surface area (Å²) in [5, 5.41) is 0. The molecule has 3 rings (SSSR count). The Morgan fingerprint density at radius 2 is 1.02 bits per heavy atom. The summed E-state index contributed by atoms with van der Waals surface area (Å²) in [6, 6.07) is 2.79. The normalized spacial score (nSPS) is 20.3. The molecule has 1 aromatic carbocycles. The molecule has 2 heterocycles. The summed E-state index contributed by atoms with van der Waals surface area (Å²) in [7, 11) is 4.14. The molecule has 9 heteroatoms. The number of benzene rings is 1. The van der Waals surface area contributed by atoms with E-state index in [1.165, 1.54) is 57.1 Å². The van der Waals surface area contributed by atoms with Gasteiger partial charge in [0.2, 0.25) is 0 Å². The molecular weight excluding hydrogens is 656 g/mol. The fourth-order valence-electron chi connectivity index (χ4n) is 8.47.